The predicted octanol–water partition coefficient (Wildman–Crippen LogP) is 8.96. The van der Waals surface area contributed by atoms with Crippen LogP contribution in [0.1, 0.15) is 48.1 Å². The number of fused-ring (bicyclic) bond motifs is 6. The van der Waals surface area contributed by atoms with Gasteiger partial charge < -0.3 is 9.55 Å². The summed E-state index contributed by atoms with van der Waals surface area (Å²) in [6.07, 6.45) is 9.41. The molecule has 36 heavy (non-hydrogen) atoms. The highest BCUT2D eigenvalue weighted by Gasteiger charge is 2.23. The largest absolute Gasteiger partial charge is 0.355 e. The Labute approximate surface area is 211 Å². The van der Waals surface area contributed by atoms with E-state index in [4.69, 9.17) is 0 Å². The number of rotatable bonds is 5. The first-order chi connectivity index (χ1) is 17.8. The fourth-order valence-electron chi connectivity index (χ4n) is 6.01. The van der Waals surface area contributed by atoms with Crippen LogP contribution in [-0.4, -0.2) is 9.55 Å². The normalized spacial score (nSPS) is 15.2. The minimum Gasteiger partial charge on any atom is -0.355 e. The predicted molar refractivity (Wildman–Crippen MR) is 153 cm³/mol. The van der Waals surface area contributed by atoms with Crippen molar-refractivity contribution in [1.29, 1.82) is 0 Å². The zero-order valence-electron chi connectivity index (χ0n) is 20.7. The van der Waals surface area contributed by atoms with Crippen LogP contribution in [0.5, 0.6) is 0 Å². The van der Waals surface area contributed by atoms with Crippen LogP contribution in [-0.2, 0) is 12.8 Å². The highest BCUT2D eigenvalue weighted by Crippen LogP contribution is 2.39. The second kappa shape index (κ2) is 8.57. The van der Waals surface area contributed by atoms with E-state index in [1.807, 2.05) is 0 Å². The lowest BCUT2D eigenvalue weighted by molar-refractivity contribution is 0.794. The molecule has 0 fully saturated rings. The second-order valence-electron chi connectivity index (χ2n) is 10.1. The van der Waals surface area contributed by atoms with Gasteiger partial charge >= 0.3 is 0 Å². The number of hydrogen-bond acceptors (Lipinski definition) is 0. The summed E-state index contributed by atoms with van der Waals surface area (Å²) in [7, 11) is 0. The first-order valence-corrected chi connectivity index (χ1v) is 13.2. The number of unbranched alkanes of at least 4 members (excludes halogenated alkanes) is 1. The van der Waals surface area contributed by atoms with E-state index in [-0.39, 0.29) is 0 Å². The van der Waals surface area contributed by atoms with Crippen LogP contribution >= 0.6 is 0 Å². The maximum atomic E-state index is 3.56. The third-order valence-electron chi connectivity index (χ3n) is 7.90. The maximum Gasteiger partial charge on any atom is 0.0537 e. The third-order valence-corrected chi connectivity index (χ3v) is 7.90. The lowest BCUT2D eigenvalue weighted by atomic mass is 9.86. The summed E-state index contributed by atoms with van der Waals surface area (Å²) >= 11 is 0. The molecule has 0 saturated carbocycles. The third kappa shape index (κ3) is 3.40. The van der Waals surface area contributed by atoms with E-state index in [2.05, 4.69) is 120 Å². The Kier molecular flexibility index (Phi) is 5.06. The molecule has 0 saturated heterocycles. The number of hydrogen-bond donors (Lipinski definition) is 1. The van der Waals surface area contributed by atoms with Crippen LogP contribution in [0.2, 0.25) is 0 Å². The molecular formula is C34H30N2. The number of aromatic amines is 1. The molecule has 2 heterocycles. The molecule has 1 aliphatic rings. The summed E-state index contributed by atoms with van der Waals surface area (Å²) in [5.41, 5.74) is 10.5. The van der Waals surface area contributed by atoms with Gasteiger partial charge in [-0.1, -0.05) is 74.0 Å². The Morgan fingerprint density at radius 2 is 1.58 bits per heavy atom. The minimum atomic E-state index is 0.367. The highest BCUT2D eigenvalue weighted by atomic mass is 15.0. The lowest BCUT2D eigenvalue weighted by Gasteiger charge is -2.20. The summed E-state index contributed by atoms with van der Waals surface area (Å²) in [5.74, 6) is 0.367. The van der Waals surface area contributed by atoms with E-state index in [9.17, 15) is 0 Å². The minimum absolute atomic E-state index is 0.367. The number of allylic oxidation sites excluding steroid dienone is 1. The van der Waals surface area contributed by atoms with Crippen molar-refractivity contribution in [2.24, 2.45) is 0 Å². The zero-order chi connectivity index (χ0) is 24.1. The quantitative estimate of drug-likeness (QED) is 0.262. The van der Waals surface area contributed by atoms with E-state index in [0.29, 0.717) is 5.92 Å². The molecule has 4 aromatic carbocycles. The van der Waals surface area contributed by atoms with E-state index in [0.717, 1.165) is 12.8 Å². The molecular weight excluding hydrogens is 436 g/mol. The van der Waals surface area contributed by atoms with Crippen LogP contribution in [0.15, 0.2) is 97.1 Å². The number of nitrogens with zero attached hydrogens (tertiary/aromatic N) is 1. The molecule has 1 unspecified atom stereocenters. The highest BCUT2D eigenvalue weighted by molar-refractivity contribution is 6.07. The first kappa shape index (κ1) is 21.3. The summed E-state index contributed by atoms with van der Waals surface area (Å²) in [4.78, 5) is 3.56. The van der Waals surface area contributed by atoms with Crippen molar-refractivity contribution in [3.8, 4) is 5.69 Å². The van der Waals surface area contributed by atoms with E-state index in [1.165, 1.54) is 73.6 Å². The van der Waals surface area contributed by atoms with Crippen molar-refractivity contribution >= 4 is 38.8 Å². The number of para-hydroxylation sites is 2. The molecule has 7 rings (SSSR count). The van der Waals surface area contributed by atoms with Gasteiger partial charge in [0.15, 0.2) is 0 Å². The fourth-order valence-corrected chi connectivity index (χ4v) is 6.01. The Morgan fingerprint density at radius 1 is 0.806 bits per heavy atom. The molecule has 1 aliphatic carbocycles. The molecule has 176 valence electrons. The van der Waals surface area contributed by atoms with Crippen molar-refractivity contribution in [3.05, 3.63) is 119 Å². The Balaban J connectivity index is 1.30. The van der Waals surface area contributed by atoms with Crippen LogP contribution in [0.3, 0.4) is 0 Å². The van der Waals surface area contributed by atoms with Gasteiger partial charge in [-0.25, -0.2) is 0 Å². The van der Waals surface area contributed by atoms with Crippen molar-refractivity contribution in [2.45, 2.75) is 38.5 Å². The summed E-state index contributed by atoms with van der Waals surface area (Å²) in [5, 5.41) is 3.98. The molecule has 0 radical (unpaired) electrons. The summed E-state index contributed by atoms with van der Waals surface area (Å²) in [6.45, 7) is 2.25. The Hall–Kier alpha value is -4.04. The number of benzene rings is 4. The molecule has 1 N–H and O–H groups in total. The molecule has 0 amide bonds. The molecule has 0 aliphatic heterocycles. The number of aryl methyl sites for hydroxylation is 1. The molecule has 1 atom stereocenters. The monoisotopic (exact) mass is 466 g/mol. The SMILES string of the molecule is CCCCc1ccc(-n2c3c(c4ccccc42)CC(c2ccc4[nH]c5ccccc5c4c2)C=C3)cc1. The average molecular weight is 467 g/mol. The fraction of sp³-hybridized carbons (Fsp3) is 0.176. The van der Waals surface area contributed by atoms with E-state index >= 15 is 0 Å². The van der Waals surface area contributed by atoms with Gasteiger partial charge in [-0.3, -0.25) is 0 Å². The van der Waals surface area contributed by atoms with Crippen LogP contribution in [0, 0.1) is 0 Å². The van der Waals surface area contributed by atoms with E-state index < -0.39 is 0 Å². The van der Waals surface area contributed by atoms with Crippen molar-refractivity contribution in [2.75, 3.05) is 0 Å². The molecule has 2 heteroatoms. The Bertz CT molecular complexity index is 1740. The van der Waals surface area contributed by atoms with Gasteiger partial charge in [-0.15, -0.1) is 0 Å². The molecule has 0 bridgehead atoms. The lowest BCUT2D eigenvalue weighted by Crippen LogP contribution is -2.07. The topological polar surface area (TPSA) is 20.7 Å². The van der Waals surface area contributed by atoms with Gasteiger partial charge in [-0.2, -0.15) is 0 Å². The number of H-pyrrole nitrogens is 1. The summed E-state index contributed by atoms with van der Waals surface area (Å²) in [6, 6.07) is 33.6. The van der Waals surface area contributed by atoms with Gasteiger partial charge in [0.2, 0.25) is 0 Å². The van der Waals surface area contributed by atoms with Gasteiger partial charge in [-0.05, 0) is 78.4 Å². The average Bonchev–Trinajstić information content (AvgIpc) is 3.47. The smallest absolute Gasteiger partial charge is 0.0537 e. The summed E-state index contributed by atoms with van der Waals surface area (Å²) < 4.78 is 2.45. The molecule has 2 aromatic heterocycles. The number of nitrogens with one attached hydrogen (secondary N) is 1. The van der Waals surface area contributed by atoms with Crippen LogP contribution in [0.25, 0.3) is 44.5 Å². The number of aromatic nitrogens is 2. The maximum absolute atomic E-state index is 3.56. The molecule has 0 spiro atoms. The second-order valence-corrected chi connectivity index (χ2v) is 10.1. The van der Waals surface area contributed by atoms with Crippen LogP contribution in [0.4, 0.5) is 0 Å². The standard InChI is InChI=1S/C34H30N2/c1-2-3-8-23-13-17-26(18-14-23)36-33-12-7-5-10-28(33)30-22-25(16-20-34(30)36)24-15-19-32-29(21-24)27-9-4-6-11-31(27)35-32/h4-7,9-21,25,35H,2-3,8,22H2,1H3. The first-order valence-electron chi connectivity index (χ1n) is 13.2. The van der Waals surface area contributed by atoms with Crippen molar-refractivity contribution < 1.29 is 0 Å². The van der Waals surface area contributed by atoms with Crippen LogP contribution < -0.4 is 0 Å². The van der Waals surface area contributed by atoms with Crippen molar-refractivity contribution in [1.82, 2.24) is 9.55 Å². The van der Waals surface area contributed by atoms with Crippen molar-refractivity contribution in [3.63, 3.8) is 0 Å². The van der Waals surface area contributed by atoms with Gasteiger partial charge in [0.25, 0.3) is 0 Å². The van der Waals surface area contributed by atoms with Gasteiger partial charge in [0, 0.05) is 44.5 Å². The Morgan fingerprint density at radius 3 is 2.44 bits per heavy atom. The zero-order valence-corrected chi connectivity index (χ0v) is 20.7. The molecule has 6 aromatic rings. The van der Waals surface area contributed by atoms with E-state index in [1.54, 1.807) is 0 Å². The van der Waals surface area contributed by atoms with Gasteiger partial charge in [0.05, 0.1) is 5.52 Å². The molecule has 2 nitrogen and oxygen atoms in total. The van der Waals surface area contributed by atoms with Gasteiger partial charge in [0.1, 0.15) is 0 Å².